The molecule has 0 spiro atoms. The van der Waals surface area contributed by atoms with Crippen LogP contribution >= 0.6 is 11.3 Å². The molecule has 2 N–H and O–H groups in total. The van der Waals surface area contributed by atoms with Crippen LogP contribution < -0.4 is 15.5 Å². The molecule has 1 aliphatic heterocycles. The largest absolute Gasteiger partial charge is 0.465 e. The maximum Gasteiger partial charge on any atom is 0.410 e. The number of amides is 2. The first-order valence-electron chi connectivity index (χ1n) is 22.6. The van der Waals surface area contributed by atoms with Gasteiger partial charge in [0.1, 0.15) is 18.0 Å². The van der Waals surface area contributed by atoms with Crippen molar-refractivity contribution < 1.29 is 23.9 Å². The normalized spacial score (nSPS) is 21.2. The standard InChI is InChI=1S/C50H51N9O5S/c1-31-39(27-52-59(31)30-50-24-33-20-34(25-50)22-35(21-33)26-50)37-14-15-58-43(28-51-45(58)44(37)47(61)63-2)53-40-13-12-36(23-38(40)46(60)55-48-54-41-10-6-7-11-42(41)65-48)56-16-18-57(19-17-56)49(62)64-29-32-8-4-3-5-9-32/h3-15,23,27-28,33-35,53H,16-22,24-26,29-30H2,1-2H3,(H,54,55,60). The van der Waals surface area contributed by atoms with E-state index in [0.29, 0.717) is 70.6 Å². The van der Waals surface area contributed by atoms with E-state index < -0.39 is 5.97 Å². The van der Waals surface area contributed by atoms with Crippen LogP contribution in [0.3, 0.4) is 0 Å². The third kappa shape index (κ3) is 7.85. The predicted molar refractivity (Wildman–Crippen MR) is 251 cm³/mol. The number of fused-ring (bicyclic) bond motifs is 2. The zero-order valence-corrected chi connectivity index (χ0v) is 37.4. The molecule has 65 heavy (non-hydrogen) atoms. The lowest BCUT2D eigenvalue weighted by molar-refractivity contribution is -0.0638. The van der Waals surface area contributed by atoms with E-state index in [-0.39, 0.29) is 18.6 Å². The summed E-state index contributed by atoms with van der Waals surface area (Å²) < 4.78 is 15.9. The summed E-state index contributed by atoms with van der Waals surface area (Å²) in [6.45, 7) is 5.26. The number of esters is 1. The summed E-state index contributed by atoms with van der Waals surface area (Å²) >= 11 is 1.41. The van der Waals surface area contributed by atoms with E-state index in [4.69, 9.17) is 19.6 Å². The van der Waals surface area contributed by atoms with Gasteiger partial charge in [-0.25, -0.2) is 19.6 Å². The second-order valence-corrected chi connectivity index (χ2v) is 19.5. The fourth-order valence-corrected chi connectivity index (χ4v) is 12.4. The van der Waals surface area contributed by atoms with E-state index in [2.05, 4.69) is 32.1 Å². The van der Waals surface area contributed by atoms with Crippen LogP contribution in [0.5, 0.6) is 0 Å². The van der Waals surface area contributed by atoms with Crippen molar-refractivity contribution in [3.05, 3.63) is 120 Å². The molecule has 5 aliphatic rings. The highest BCUT2D eigenvalue weighted by molar-refractivity contribution is 7.22. The lowest BCUT2D eigenvalue weighted by Gasteiger charge is -2.56. The van der Waals surface area contributed by atoms with Crippen LogP contribution in [0.1, 0.15) is 70.5 Å². The number of carbonyl (C=O) groups excluding carboxylic acids is 3. The Bertz CT molecular complexity index is 2880. The number of anilines is 4. The Labute approximate surface area is 380 Å². The van der Waals surface area contributed by atoms with Crippen molar-refractivity contribution in [3.63, 3.8) is 0 Å². The average molecular weight is 890 g/mol. The van der Waals surface area contributed by atoms with E-state index in [1.807, 2.05) is 95.7 Å². The Hall–Kier alpha value is -6.74. The summed E-state index contributed by atoms with van der Waals surface area (Å²) in [6, 6.07) is 25.0. The van der Waals surface area contributed by atoms with E-state index in [1.54, 1.807) is 11.1 Å². The monoisotopic (exact) mass is 889 g/mol. The molecule has 7 aromatic rings. The third-order valence-electron chi connectivity index (χ3n) is 14.2. The molecular formula is C50H51N9O5S. The van der Waals surface area contributed by atoms with Gasteiger partial charge in [0.25, 0.3) is 5.91 Å². The molecule has 2 amide bonds. The van der Waals surface area contributed by atoms with Crippen LogP contribution in [0.2, 0.25) is 0 Å². The number of nitrogens with one attached hydrogen (secondary N) is 2. The fourth-order valence-electron chi connectivity index (χ4n) is 11.6. The number of hydrogen-bond donors (Lipinski definition) is 2. The van der Waals surface area contributed by atoms with Gasteiger partial charge >= 0.3 is 12.1 Å². The second-order valence-electron chi connectivity index (χ2n) is 18.5. The zero-order valence-electron chi connectivity index (χ0n) is 36.5. The third-order valence-corrected chi connectivity index (χ3v) is 15.2. The Morgan fingerprint density at radius 2 is 1.60 bits per heavy atom. The van der Waals surface area contributed by atoms with Gasteiger partial charge < -0.3 is 24.6 Å². The number of imidazole rings is 1. The molecule has 4 aliphatic carbocycles. The first kappa shape index (κ1) is 41.0. The summed E-state index contributed by atoms with van der Waals surface area (Å²) in [6.07, 6.45) is 13.1. The molecule has 3 aromatic carbocycles. The van der Waals surface area contributed by atoms with Gasteiger partial charge in [-0.3, -0.25) is 19.2 Å². The first-order valence-corrected chi connectivity index (χ1v) is 23.4. The lowest BCUT2D eigenvalue weighted by Crippen LogP contribution is -2.49. The first-order chi connectivity index (χ1) is 31.7. The number of carbonyl (C=O) groups is 3. The van der Waals surface area contributed by atoms with Crippen molar-refractivity contribution in [2.75, 3.05) is 48.8 Å². The topological polar surface area (TPSA) is 148 Å². The molecule has 4 bridgehead atoms. The number of benzene rings is 3. The highest BCUT2D eigenvalue weighted by Crippen LogP contribution is 2.60. The Balaban J connectivity index is 0.870. The summed E-state index contributed by atoms with van der Waals surface area (Å²) in [5.41, 5.74) is 7.15. The molecular weight excluding hydrogens is 839 g/mol. The number of rotatable bonds is 11. The minimum absolute atomic E-state index is 0.214. The number of aromatic nitrogens is 5. The molecule has 0 unspecified atom stereocenters. The molecule has 15 heteroatoms. The molecule has 5 heterocycles. The van der Waals surface area contributed by atoms with Gasteiger partial charge in [-0.1, -0.05) is 53.8 Å². The van der Waals surface area contributed by atoms with Crippen LogP contribution in [-0.2, 0) is 22.6 Å². The quantitative estimate of drug-likeness (QED) is 0.120. The van der Waals surface area contributed by atoms with Crippen LogP contribution in [0.4, 0.5) is 27.1 Å². The van der Waals surface area contributed by atoms with Gasteiger partial charge in [0.15, 0.2) is 10.8 Å². The smallest absolute Gasteiger partial charge is 0.410 e. The Kier molecular flexibility index (Phi) is 10.5. The molecule has 14 nitrogen and oxygen atoms in total. The summed E-state index contributed by atoms with van der Waals surface area (Å²) in [7, 11) is 1.39. The number of ether oxygens (including phenoxy) is 2. The number of para-hydroxylation sites is 1. The summed E-state index contributed by atoms with van der Waals surface area (Å²) in [4.78, 5) is 54.3. The van der Waals surface area contributed by atoms with Crippen molar-refractivity contribution in [2.45, 2.75) is 58.6 Å². The van der Waals surface area contributed by atoms with Crippen LogP contribution in [-0.4, -0.2) is 80.3 Å². The van der Waals surface area contributed by atoms with Gasteiger partial charge in [0.05, 0.1) is 41.0 Å². The highest BCUT2D eigenvalue weighted by atomic mass is 32.1. The summed E-state index contributed by atoms with van der Waals surface area (Å²) in [5, 5.41) is 11.9. The maximum absolute atomic E-state index is 14.3. The molecule has 12 rings (SSSR count). The molecule has 1 saturated heterocycles. The van der Waals surface area contributed by atoms with Gasteiger partial charge in [0, 0.05) is 61.4 Å². The predicted octanol–water partition coefficient (Wildman–Crippen LogP) is 9.57. The zero-order chi connectivity index (χ0) is 44.2. The number of pyridine rings is 1. The van der Waals surface area contributed by atoms with E-state index in [1.165, 1.54) is 57.0 Å². The van der Waals surface area contributed by atoms with Gasteiger partial charge in [-0.2, -0.15) is 5.10 Å². The SMILES string of the molecule is COC(=O)c1c(-c2cnn(CC34CC5CC(CC(C5)C3)C4)c2C)ccn2c(Nc3ccc(N4CCN(C(=O)OCc5ccccc5)CC4)cc3C(=O)Nc3nc4ccccc4s3)cnc12. The summed E-state index contributed by atoms with van der Waals surface area (Å²) in [5.74, 6) is 2.25. The molecule has 4 aromatic heterocycles. The van der Waals surface area contributed by atoms with Crippen molar-refractivity contribution in [2.24, 2.45) is 23.2 Å². The molecule has 5 fully saturated rings. The van der Waals surface area contributed by atoms with Gasteiger partial charge in [-0.05, 0) is 111 Å². The fraction of sp³-hybridized carbons (Fsp3) is 0.360. The number of piperazine rings is 1. The minimum Gasteiger partial charge on any atom is -0.465 e. The Morgan fingerprint density at radius 3 is 2.34 bits per heavy atom. The molecule has 4 saturated carbocycles. The van der Waals surface area contributed by atoms with Gasteiger partial charge in [0.2, 0.25) is 0 Å². The van der Waals surface area contributed by atoms with Crippen LogP contribution in [0, 0.1) is 30.1 Å². The average Bonchev–Trinajstić information content (AvgIpc) is 4.03. The van der Waals surface area contributed by atoms with Crippen LogP contribution in [0.15, 0.2) is 97.5 Å². The van der Waals surface area contributed by atoms with Crippen molar-refractivity contribution >= 4 is 67.5 Å². The van der Waals surface area contributed by atoms with E-state index in [0.717, 1.165) is 57.0 Å². The van der Waals surface area contributed by atoms with E-state index in [9.17, 15) is 14.4 Å². The lowest BCUT2D eigenvalue weighted by atomic mass is 9.49. The molecule has 0 radical (unpaired) electrons. The molecule has 0 atom stereocenters. The second kappa shape index (κ2) is 16.7. The number of thiazole rings is 1. The Morgan fingerprint density at radius 1 is 0.862 bits per heavy atom. The number of nitrogens with zero attached hydrogens (tertiary/aromatic N) is 7. The maximum atomic E-state index is 14.3. The van der Waals surface area contributed by atoms with Crippen molar-refractivity contribution in [1.29, 1.82) is 0 Å². The molecule has 332 valence electrons. The minimum atomic E-state index is -0.499. The highest BCUT2D eigenvalue weighted by Gasteiger charge is 2.51. The van der Waals surface area contributed by atoms with Crippen molar-refractivity contribution in [1.82, 2.24) is 29.0 Å². The van der Waals surface area contributed by atoms with Crippen LogP contribution in [0.25, 0.3) is 27.0 Å². The van der Waals surface area contributed by atoms with E-state index >= 15 is 0 Å². The number of hydrogen-bond acceptors (Lipinski definition) is 11. The number of methoxy groups -OCH3 is 1. The van der Waals surface area contributed by atoms with Crippen molar-refractivity contribution in [3.8, 4) is 11.1 Å². The van der Waals surface area contributed by atoms with Gasteiger partial charge in [-0.15, -0.1) is 0 Å².